The number of likely N-dealkylation sites (N-methyl/N-ethyl adjacent to an activating group) is 1. The fourth-order valence-corrected chi connectivity index (χ4v) is 4.32. The quantitative estimate of drug-likeness (QED) is 0.843. The molecule has 108 valence electrons. The van der Waals surface area contributed by atoms with Crippen molar-refractivity contribution in [1.29, 1.82) is 0 Å². The fourth-order valence-electron chi connectivity index (χ4n) is 4.32. The number of hydrogen-bond donors (Lipinski definition) is 1. The summed E-state index contributed by atoms with van der Waals surface area (Å²) in [5.74, 6) is 0. The Balaban J connectivity index is 1.64. The Morgan fingerprint density at radius 1 is 1.15 bits per heavy atom. The molecule has 1 N–H and O–H groups in total. The van der Waals surface area contributed by atoms with Crippen LogP contribution in [0.4, 0.5) is 5.69 Å². The summed E-state index contributed by atoms with van der Waals surface area (Å²) in [6.45, 7) is 4.61. The van der Waals surface area contributed by atoms with E-state index in [1.807, 2.05) is 0 Å². The van der Waals surface area contributed by atoms with Gasteiger partial charge in [-0.25, -0.2) is 0 Å². The molecule has 2 fully saturated rings. The normalized spacial score (nSPS) is 30.1. The third kappa shape index (κ3) is 2.04. The van der Waals surface area contributed by atoms with Gasteiger partial charge in [0, 0.05) is 37.4 Å². The summed E-state index contributed by atoms with van der Waals surface area (Å²) in [6.07, 6.45) is 5.29. The van der Waals surface area contributed by atoms with Gasteiger partial charge in [-0.2, -0.15) is 0 Å². The number of nitrogens with zero attached hydrogens (tertiary/aromatic N) is 2. The van der Waals surface area contributed by atoms with E-state index in [1.165, 1.54) is 44.5 Å². The number of benzene rings is 1. The van der Waals surface area contributed by atoms with Crippen molar-refractivity contribution in [3.05, 3.63) is 29.3 Å². The zero-order valence-electron chi connectivity index (χ0n) is 12.4. The van der Waals surface area contributed by atoms with Gasteiger partial charge in [0.05, 0.1) is 0 Å². The van der Waals surface area contributed by atoms with Gasteiger partial charge in [0.1, 0.15) is 0 Å². The molecule has 3 aliphatic rings. The van der Waals surface area contributed by atoms with Crippen LogP contribution in [0.1, 0.15) is 30.4 Å². The number of fused-ring (bicyclic) bond motifs is 3. The number of anilines is 1. The lowest BCUT2D eigenvalue weighted by atomic mass is 9.98. The lowest BCUT2D eigenvalue weighted by Crippen LogP contribution is -2.37. The molecule has 3 heteroatoms. The van der Waals surface area contributed by atoms with Crippen molar-refractivity contribution in [1.82, 2.24) is 10.2 Å². The Hall–Kier alpha value is -1.06. The maximum absolute atomic E-state index is 3.54. The highest BCUT2D eigenvalue weighted by atomic mass is 15.3. The van der Waals surface area contributed by atoms with E-state index >= 15 is 0 Å². The molecule has 2 unspecified atom stereocenters. The largest absolute Gasteiger partial charge is 0.370 e. The second-order valence-corrected chi connectivity index (χ2v) is 6.63. The Bertz CT molecular complexity index is 499. The van der Waals surface area contributed by atoms with Gasteiger partial charge >= 0.3 is 0 Å². The van der Waals surface area contributed by atoms with Gasteiger partial charge in [-0.3, -0.25) is 4.90 Å². The molecule has 4 rings (SSSR count). The maximum Gasteiger partial charge on any atom is 0.0415 e. The van der Waals surface area contributed by atoms with Crippen LogP contribution in [-0.4, -0.2) is 43.7 Å². The summed E-state index contributed by atoms with van der Waals surface area (Å²) < 4.78 is 0. The summed E-state index contributed by atoms with van der Waals surface area (Å²) in [5.41, 5.74) is 4.61. The van der Waals surface area contributed by atoms with Gasteiger partial charge in [-0.1, -0.05) is 12.1 Å². The summed E-state index contributed by atoms with van der Waals surface area (Å²) in [7, 11) is 2.33. The lowest BCUT2D eigenvalue weighted by molar-refractivity contribution is 0.254. The van der Waals surface area contributed by atoms with E-state index in [4.69, 9.17) is 0 Å². The molecule has 2 atom stereocenters. The summed E-state index contributed by atoms with van der Waals surface area (Å²) >= 11 is 0. The molecule has 2 saturated heterocycles. The molecule has 3 nitrogen and oxygen atoms in total. The molecule has 20 heavy (non-hydrogen) atoms. The first-order valence-electron chi connectivity index (χ1n) is 8.11. The molecule has 1 aromatic rings. The zero-order chi connectivity index (χ0) is 13.5. The van der Waals surface area contributed by atoms with Crippen LogP contribution in [-0.2, 0) is 13.0 Å². The number of hydrogen-bond acceptors (Lipinski definition) is 3. The smallest absolute Gasteiger partial charge is 0.0415 e. The molecule has 0 spiro atoms. The summed E-state index contributed by atoms with van der Waals surface area (Å²) in [6, 6.07) is 8.49. The predicted octanol–water partition coefficient (Wildman–Crippen LogP) is 2.01. The topological polar surface area (TPSA) is 18.5 Å². The van der Waals surface area contributed by atoms with Crippen molar-refractivity contribution < 1.29 is 0 Å². The highest BCUT2D eigenvalue weighted by Gasteiger charge is 2.35. The van der Waals surface area contributed by atoms with E-state index in [0.29, 0.717) is 0 Å². The second-order valence-electron chi connectivity index (χ2n) is 6.63. The van der Waals surface area contributed by atoms with Crippen LogP contribution in [0.5, 0.6) is 0 Å². The zero-order valence-corrected chi connectivity index (χ0v) is 12.4. The monoisotopic (exact) mass is 271 g/mol. The van der Waals surface area contributed by atoms with E-state index < -0.39 is 0 Å². The Kier molecular flexibility index (Phi) is 3.20. The van der Waals surface area contributed by atoms with Crippen molar-refractivity contribution in [2.75, 3.05) is 31.6 Å². The van der Waals surface area contributed by atoms with E-state index in [1.54, 1.807) is 11.1 Å². The Morgan fingerprint density at radius 3 is 3.00 bits per heavy atom. The van der Waals surface area contributed by atoms with Gasteiger partial charge in [-0.05, 0) is 56.5 Å². The van der Waals surface area contributed by atoms with Gasteiger partial charge in [0.2, 0.25) is 0 Å². The Labute approximate surface area is 121 Å². The molecule has 3 aliphatic heterocycles. The van der Waals surface area contributed by atoms with E-state index in [9.17, 15) is 0 Å². The molecule has 0 amide bonds. The average molecular weight is 271 g/mol. The summed E-state index contributed by atoms with van der Waals surface area (Å²) in [4.78, 5) is 5.29. The molecule has 1 aromatic carbocycles. The van der Waals surface area contributed by atoms with Gasteiger partial charge in [-0.15, -0.1) is 0 Å². The molecule has 0 radical (unpaired) electrons. The Morgan fingerprint density at radius 2 is 2.05 bits per heavy atom. The van der Waals surface area contributed by atoms with E-state index in [2.05, 4.69) is 40.4 Å². The van der Waals surface area contributed by atoms with Crippen molar-refractivity contribution in [2.45, 2.75) is 44.3 Å². The predicted molar refractivity (Wildman–Crippen MR) is 83.3 cm³/mol. The van der Waals surface area contributed by atoms with Gasteiger partial charge < -0.3 is 10.2 Å². The third-order valence-electron chi connectivity index (χ3n) is 5.61. The molecule has 0 aromatic heterocycles. The third-order valence-corrected chi connectivity index (χ3v) is 5.61. The van der Waals surface area contributed by atoms with Crippen molar-refractivity contribution in [2.24, 2.45) is 0 Å². The van der Waals surface area contributed by atoms with Crippen LogP contribution in [0.2, 0.25) is 0 Å². The number of rotatable bonds is 1. The van der Waals surface area contributed by atoms with Crippen LogP contribution in [0.3, 0.4) is 0 Å². The van der Waals surface area contributed by atoms with Crippen molar-refractivity contribution in [3.8, 4) is 0 Å². The molecular formula is C17H25N3. The van der Waals surface area contributed by atoms with Gasteiger partial charge in [0.15, 0.2) is 0 Å². The first-order chi connectivity index (χ1) is 9.83. The lowest BCUT2D eigenvalue weighted by Gasteiger charge is -2.31. The fraction of sp³-hybridized carbons (Fsp3) is 0.647. The first-order valence-corrected chi connectivity index (χ1v) is 8.11. The minimum absolute atomic E-state index is 0.759. The van der Waals surface area contributed by atoms with Crippen LogP contribution < -0.4 is 10.2 Å². The van der Waals surface area contributed by atoms with Crippen molar-refractivity contribution >= 4 is 5.69 Å². The number of nitrogens with one attached hydrogen (secondary N) is 1. The summed E-state index contributed by atoms with van der Waals surface area (Å²) in [5, 5.41) is 3.54. The van der Waals surface area contributed by atoms with Crippen LogP contribution in [0, 0.1) is 0 Å². The highest BCUT2D eigenvalue weighted by Crippen LogP contribution is 2.33. The van der Waals surface area contributed by atoms with Crippen molar-refractivity contribution in [3.63, 3.8) is 0 Å². The minimum atomic E-state index is 0.759. The average Bonchev–Trinajstić information content (AvgIpc) is 2.72. The van der Waals surface area contributed by atoms with E-state index in [0.717, 1.165) is 25.2 Å². The SMILES string of the molecule is CN1C2CCC1CN(c1cccc3c1CNCC3)CC2. The molecular weight excluding hydrogens is 246 g/mol. The minimum Gasteiger partial charge on any atom is -0.370 e. The van der Waals surface area contributed by atoms with Crippen LogP contribution in [0.15, 0.2) is 18.2 Å². The van der Waals surface area contributed by atoms with Crippen LogP contribution >= 0.6 is 0 Å². The second kappa shape index (κ2) is 5.05. The molecule has 0 aliphatic carbocycles. The highest BCUT2D eigenvalue weighted by molar-refractivity contribution is 5.58. The maximum atomic E-state index is 3.54. The van der Waals surface area contributed by atoms with Gasteiger partial charge in [0.25, 0.3) is 0 Å². The molecule has 2 bridgehead atoms. The van der Waals surface area contributed by atoms with E-state index in [-0.39, 0.29) is 0 Å². The standard InChI is InChI=1S/C17H25N3/c1-19-14-5-6-15(19)12-20(10-8-14)17-4-2-3-13-7-9-18-11-16(13)17/h2-4,14-15,18H,5-12H2,1H3. The molecule has 0 saturated carbocycles. The first kappa shape index (κ1) is 12.7. The molecule has 3 heterocycles. The van der Waals surface area contributed by atoms with Crippen LogP contribution in [0.25, 0.3) is 0 Å².